The predicted molar refractivity (Wildman–Crippen MR) is 54.0 cm³/mol. The molecule has 0 bridgehead atoms. The number of hydrogen-bond donors (Lipinski definition) is 1. The molecule has 1 aromatic heterocycles. The Morgan fingerprint density at radius 1 is 1.62 bits per heavy atom. The van der Waals surface area contributed by atoms with Gasteiger partial charge in [-0.2, -0.15) is 8.75 Å². The predicted octanol–water partition coefficient (Wildman–Crippen LogP) is 1.79. The fourth-order valence-electron chi connectivity index (χ4n) is 1.64. The van der Waals surface area contributed by atoms with Crippen LogP contribution in [-0.2, 0) is 6.54 Å². The molecule has 1 fully saturated rings. The van der Waals surface area contributed by atoms with Crippen LogP contribution in [-0.4, -0.2) is 20.2 Å². The minimum Gasteiger partial charge on any atom is -0.307 e. The molecule has 72 valence electrons. The van der Waals surface area contributed by atoms with E-state index in [-0.39, 0.29) is 0 Å². The second-order valence-electron chi connectivity index (χ2n) is 3.33. The van der Waals surface area contributed by atoms with E-state index in [4.69, 9.17) is 11.6 Å². The molecule has 0 spiro atoms. The fraction of sp³-hybridized carbons (Fsp3) is 0.750. The highest BCUT2D eigenvalue weighted by atomic mass is 35.5. The minimum atomic E-state index is 0.298. The normalized spacial score (nSPS) is 28.1. The monoisotopic (exact) mass is 217 g/mol. The van der Waals surface area contributed by atoms with Crippen molar-refractivity contribution in [1.29, 1.82) is 0 Å². The van der Waals surface area contributed by atoms with Gasteiger partial charge in [-0.1, -0.05) is 6.42 Å². The van der Waals surface area contributed by atoms with Gasteiger partial charge >= 0.3 is 0 Å². The summed E-state index contributed by atoms with van der Waals surface area (Å²) in [6.07, 6.45) is 5.36. The summed E-state index contributed by atoms with van der Waals surface area (Å²) in [7, 11) is 0. The Hall–Kier alpha value is -0.190. The van der Waals surface area contributed by atoms with Crippen LogP contribution in [0.1, 0.15) is 25.0 Å². The van der Waals surface area contributed by atoms with Gasteiger partial charge in [0, 0.05) is 18.0 Å². The summed E-state index contributed by atoms with van der Waals surface area (Å²) >= 11 is 7.37. The average molecular weight is 218 g/mol. The Kier molecular flexibility index (Phi) is 3.14. The molecule has 1 heterocycles. The van der Waals surface area contributed by atoms with Crippen molar-refractivity contribution in [3.63, 3.8) is 0 Å². The van der Waals surface area contributed by atoms with Gasteiger partial charge in [0.05, 0.1) is 23.6 Å². The lowest BCUT2D eigenvalue weighted by molar-refractivity contribution is 0.525. The molecule has 13 heavy (non-hydrogen) atoms. The molecule has 0 saturated heterocycles. The third kappa shape index (κ3) is 2.39. The zero-order valence-electron chi connectivity index (χ0n) is 7.24. The molecular weight excluding hydrogens is 206 g/mol. The lowest BCUT2D eigenvalue weighted by atomic mass is 10.2. The summed E-state index contributed by atoms with van der Waals surface area (Å²) in [5.41, 5.74) is 1.01. The van der Waals surface area contributed by atoms with Gasteiger partial charge in [0.1, 0.15) is 0 Å². The van der Waals surface area contributed by atoms with Crippen molar-refractivity contribution >= 4 is 23.3 Å². The quantitative estimate of drug-likeness (QED) is 0.785. The third-order valence-corrected chi connectivity index (χ3v) is 3.42. The second kappa shape index (κ2) is 4.35. The van der Waals surface area contributed by atoms with Crippen LogP contribution < -0.4 is 5.32 Å². The van der Waals surface area contributed by atoms with E-state index >= 15 is 0 Å². The highest BCUT2D eigenvalue weighted by Gasteiger charge is 2.24. The molecule has 1 saturated carbocycles. The van der Waals surface area contributed by atoms with E-state index in [1.807, 2.05) is 0 Å². The maximum Gasteiger partial charge on any atom is 0.0880 e. The topological polar surface area (TPSA) is 37.8 Å². The van der Waals surface area contributed by atoms with E-state index in [0.717, 1.165) is 18.7 Å². The van der Waals surface area contributed by atoms with E-state index in [0.29, 0.717) is 11.4 Å². The number of hydrogen-bond acceptors (Lipinski definition) is 4. The Bertz CT molecular complexity index is 252. The number of halogens is 1. The molecule has 1 N–H and O–H groups in total. The standard InChI is InChI=1S/C8H12ClN3S/c9-7-2-1-3-8(7)10-4-6-5-11-13-12-6/h5,7-8,10H,1-4H2. The summed E-state index contributed by atoms with van der Waals surface area (Å²) in [6.45, 7) is 0.796. The molecule has 2 atom stereocenters. The highest BCUT2D eigenvalue weighted by Crippen LogP contribution is 2.24. The third-order valence-electron chi connectivity index (χ3n) is 2.38. The first-order chi connectivity index (χ1) is 6.36. The maximum absolute atomic E-state index is 6.12. The molecule has 0 radical (unpaired) electrons. The van der Waals surface area contributed by atoms with Crippen molar-refractivity contribution in [1.82, 2.24) is 14.1 Å². The van der Waals surface area contributed by atoms with Crippen molar-refractivity contribution in [2.75, 3.05) is 0 Å². The molecule has 5 heteroatoms. The molecule has 0 aromatic carbocycles. The van der Waals surface area contributed by atoms with Gasteiger partial charge in [-0.15, -0.1) is 11.6 Å². The van der Waals surface area contributed by atoms with Crippen molar-refractivity contribution in [3.05, 3.63) is 11.9 Å². The molecular formula is C8H12ClN3S. The first-order valence-electron chi connectivity index (χ1n) is 4.50. The van der Waals surface area contributed by atoms with Gasteiger partial charge in [-0.05, 0) is 12.8 Å². The largest absolute Gasteiger partial charge is 0.307 e. The SMILES string of the molecule is ClC1CCCC1NCc1cnsn1. The van der Waals surface area contributed by atoms with Gasteiger partial charge in [0.15, 0.2) is 0 Å². The van der Waals surface area contributed by atoms with E-state index in [2.05, 4.69) is 14.1 Å². The Labute approximate surface area is 86.8 Å². The first kappa shape index (κ1) is 9.37. The summed E-state index contributed by atoms with van der Waals surface area (Å²) in [6, 6.07) is 0.461. The summed E-state index contributed by atoms with van der Waals surface area (Å²) in [5.74, 6) is 0. The van der Waals surface area contributed by atoms with E-state index in [1.54, 1.807) is 6.20 Å². The van der Waals surface area contributed by atoms with Crippen molar-refractivity contribution in [2.24, 2.45) is 0 Å². The first-order valence-corrected chi connectivity index (χ1v) is 5.67. The smallest absolute Gasteiger partial charge is 0.0880 e. The lowest BCUT2D eigenvalue weighted by Crippen LogP contribution is -2.32. The van der Waals surface area contributed by atoms with Crippen LogP contribution in [0.25, 0.3) is 0 Å². The molecule has 3 nitrogen and oxygen atoms in total. The fourth-order valence-corrected chi connectivity index (χ4v) is 2.44. The van der Waals surface area contributed by atoms with Crippen molar-refractivity contribution in [3.8, 4) is 0 Å². The van der Waals surface area contributed by atoms with Crippen LogP contribution in [0.15, 0.2) is 6.20 Å². The second-order valence-corrected chi connectivity index (χ2v) is 4.45. The summed E-state index contributed by atoms with van der Waals surface area (Å²) < 4.78 is 8.07. The van der Waals surface area contributed by atoms with Gasteiger partial charge in [-0.25, -0.2) is 0 Å². The van der Waals surface area contributed by atoms with Crippen molar-refractivity contribution < 1.29 is 0 Å². The number of nitrogens with one attached hydrogen (secondary N) is 1. The molecule has 1 aliphatic carbocycles. The van der Waals surface area contributed by atoms with Crippen LogP contribution in [0, 0.1) is 0 Å². The average Bonchev–Trinajstić information content (AvgIpc) is 2.72. The molecule has 1 aliphatic rings. The molecule has 2 rings (SSSR count). The van der Waals surface area contributed by atoms with Crippen LogP contribution in [0.3, 0.4) is 0 Å². The summed E-state index contributed by atoms with van der Waals surface area (Å²) in [4.78, 5) is 0. The van der Waals surface area contributed by atoms with E-state index < -0.39 is 0 Å². The van der Waals surface area contributed by atoms with Crippen LogP contribution >= 0.6 is 23.3 Å². The summed E-state index contributed by atoms with van der Waals surface area (Å²) in [5, 5.41) is 3.70. The number of nitrogens with zero attached hydrogens (tertiary/aromatic N) is 2. The van der Waals surface area contributed by atoms with Gasteiger partial charge in [0.25, 0.3) is 0 Å². The molecule has 1 aromatic rings. The maximum atomic E-state index is 6.12. The Morgan fingerprint density at radius 2 is 2.54 bits per heavy atom. The van der Waals surface area contributed by atoms with E-state index in [1.165, 1.54) is 24.6 Å². The Balaban J connectivity index is 1.79. The van der Waals surface area contributed by atoms with E-state index in [9.17, 15) is 0 Å². The van der Waals surface area contributed by atoms with Gasteiger partial charge in [0.2, 0.25) is 0 Å². The molecule has 2 unspecified atom stereocenters. The van der Waals surface area contributed by atoms with Crippen molar-refractivity contribution in [2.45, 2.75) is 37.2 Å². The lowest BCUT2D eigenvalue weighted by Gasteiger charge is -2.14. The minimum absolute atomic E-state index is 0.298. The molecule has 0 amide bonds. The number of rotatable bonds is 3. The van der Waals surface area contributed by atoms with Crippen LogP contribution in [0.5, 0.6) is 0 Å². The zero-order chi connectivity index (χ0) is 9.10. The number of alkyl halides is 1. The number of aromatic nitrogens is 2. The van der Waals surface area contributed by atoms with Crippen LogP contribution in [0.4, 0.5) is 0 Å². The molecule has 0 aliphatic heterocycles. The van der Waals surface area contributed by atoms with Crippen LogP contribution in [0.2, 0.25) is 0 Å². The van der Waals surface area contributed by atoms with Gasteiger partial charge in [-0.3, -0.25) is 0 Å². The highest BCUT2D eigenvalue weighted by molar-refractivity contribution is 6.99. The zero-order valence-corrected chi connectivity index (χ0v) is 8.81. The Morgan fingerprint density at radius 3 is 3.15 bits per heavy atom. The van der Waals surface area contributed by atoms with Gasteiger partial charge < -0.3 is 5.32 Å².